The Labute approximate surface area is 90.4 Å². The van der Waals surface area contributed by atoms with Gasteiger partial charge in [-0.05, 0) is 18.6 Å². The van der Waals surface area contributed by atoms with E-state index in [1.54, 1.807) is 0 Å². The minimum Gasteiger partial charge on any atom is -0.506 e. The molecule has 14 heavy (non-hydrogen) atoms. The Kier molecular flexibility index (Phi) is 4.31. The Balaban J connectivity index is 2.68. The number of aromatic nitrogens is 1. The van der Waals surface area contributed by atoms with Crippen LogP contribution in [0.4, 0.5) is 0 Å². The molecule has 0 saturated carbocycles. The molecule has 1 aromatic rings. The molecule has 0 spiro atoms. The zero-order chi connectivity index (χ0) is 10.6. The van der Waals surface area contributed by atoms with Gasteiger partial charge in [0.25, 0.3) is 0 Å². The third-order valence-electron chi connectivity index (χ3n) is 1.84. The highest BCUT2D eigenvalue weighted by atomic mass is 79.9. The molecule has 0 aliphatic heterocycles. The van der Waals surface area contributed by atoms with Crippen LogP contribution in [0.25, 0.3) is 0 Å². The lowest BCUT2D eigenvalue weighted by Gasteiger charge is -2.15. The van der Waals surface area contributed by atoms with Crippen LogP contribution in [0.5, 0.6) is 5.75 Å². The van der Waals surface area contributed by atoms with E-state index in [1.807, 2.05) is 0 Å². The van der Waals surface area contributed by atoms with E-state index in [0.29, 0.717) is 17.4 Å². The van der Waals surface area contributed by atoms with Crippen molar-refractivity contribution in [1.82, 2.24) is 4.98 Å². The lowest BCUT2D eigenvalue weighted by atomic mass is 10.1. The lowest BCUT2D eigenvalue weighted by Crippen LogP contribution is -2.19. The average molecular weight is 262 g/mol. The summed E-state index contributed by atoms with van der Waals surface area (Å²) in [7, 11) is 0. The van der Waals surface area contributed by atoms with Crippen LogP contribution in [0.2, 0.25) is 0 Å². The predicted octanol–water partition coefficient (Wildman–Crippen LogP) is 0.966. The Hall–Kier alpha value is -0.650. The quantitative estimate of drug-likeness (QED) is 0.707. The molecule has 0 aliphatic rings. The number of nitrogens with zero attached hydrogens (tertiary/aromatic N) is 1. The summed E-state index contributed by atoms with van der Waals surface area (Å²) in [6.07, 6.45) is -0.164. The van der Waals surface area contributed by atoms with Gasteiger partial charge in [0, 0.05) is 5.33 Å². The van der Waals surface area contributed by atoms with Crippen molar-refractivity contribution in [2.24, 2.45) is 0 Å². The number of rotatable bonds is 4. The summed E-state index contributed by atoms with van der Waals surface area (Å²) in [5, 5.41) is 28.6. The molecule has 0 radical (unpaired) electrons. The maximum Gasteiger partial charge on any atom is 0.133 e. The van der Waals surface area contributed by atoms with E-state index >= 15 is 0 Å². The molecule has 0 saturated heterocycles. The van der Waals surface area contributed by atoms with Gasteiger partial charge in [0.15, 0.2) is 0 Å². The maximum atomic E-state index is 9.60. The van der Waals surface area contributed by atoms with Crippen LogP contribution < -0.4 is 0 Å². The summed E-state index contributed by atoms with van der Waals surface area (Å²) in [5.41, 5.74) is 0.358. The van der Waals surface area contributed by atoms with Crippen molar-refractivity contribution in [3.05, 3.63) is 24.0 Å². The number of aliphatic hydroxyl groups is 2. The van der Waals surface area contributed by atoms with Crippen molar-refractivity contribution in [3.63, 3.8) is 0 Å². The van der Waals surface area contributed by atoms with E-state index in [1.165, 1.54) is 18.3 Å². The summed E-state index contributed by atoms with van der Waals surface area (Å²) >= 11 is 3.17. The Morgan fingerprint density at radius 1 is 1.36 bits per heavy atom. The van der Waals surface area contributed by atoms with Gasteiger partial charge >= 0.3 is 0 Å². The van der Waals surface area contributed by atoms with E-state index in [9.17, 15) is 10.2 Å². The fourth-order valence-corrected chi connectivity index (χ4v) is 1.51. The van der Waals surface area contributed by atoms with Gasteiger partial charge in [0.2, 0.25) is 0 Å². The van der Waals surface area contributed by atoms with Crippen LogP contribution in [-0.2, 0) is 0 Å². The van der Waals surface area contributed by atoms with Crippen molar-refractivity contribution in [1.29, 1.82) is 0 Å². The third kappa shape index (κ3) is 2.94. The molecule has 2 atom stereocenters. The van der Waals surface area contributed by atoms with Gasteiger partial charge in [-0.1, -0.05) is 15.9 Å². The Bertz CT molecular complexity index is 278. The average Bonchev–Trinajstić information content (AvgIpc) is 2.18. The number of aromatic hydroxyl groups is 1. The molecule has 4 nitrogen and oxygen atoms in total. The standard InChI is InChI=1S/C9H12BrNO3/c10-4-3-8(13)9(14)7-2-1-6(12)5-11-7/h1-2,5,8-9,12-14H,3-4H2. The predicted molar refractivity (Wildman–Crippen MR) is 55.3 cm³/mol. The number of aliphatic hydroxyl groups excluding tert-OH is 2. The molecule has 0 fully saturated rings. The van der Waals surface area contributed by atoms with Crippen LogP contribution in [0.1, 0.15) is 18.2 Å². The zero-order valence-corrected chi connectivity index (χ0v) is 9.05. The summed E-state index contributed by atoms with van der Waals surface area (Å²) in [6, 6.07) is 2.91. The molecule has 78 valence electrons. The SMILES string of the molecule is Oc1ccc(C(O)C(O)CCBr)nc1. The van der Waals surface area contributed by atoms with Gasteiger partial charge in [-0.3, -0.25) is 4.98 Å². The smallest absolute Gasteiger partial charge is 0.133 e. The summed E-state index contributed by atoms with van der Waals surface area (Å²) < 4.78 is 0. The van der Waals surface area contributed by atoms with Crippen LogP contribution in [0, 0.1) is 0 Å². The molecule has 3 N–H and O–H groups in total. The van der Waals surface area contributed by atoms with Crippen LogP contribution >= 0.6 is 15.9 Å². The molecule has 0 bridgehead atoms. The number of halogens is 1. The molecule has 1 aromatic heterocycles. The molecule has 5 heteroatoms. The van der Waals surface area contributed by atoms with Gasteiger partial charge in [0.1, 0.15) is 11.9 Å². The molecular weight excluding hydrogens is 250 g/mol. The Morgan fingerprint density at radius 2 is 2.07 bits per heavy atom. The number of hydrogen-bond acceptors (Lipinski definition) is 4. The van der Waals surface area contributed by atoms with E-state index < -0.39 is 12.2 Å². The minimum absolute atomic E-state index is 0.0379. The van der Waals surface area contributed by atoms with E-state index in [2.05, 4.69) is 20.9 Å². The fraction of sp³-hybridized carbons (Fsp3) is 0.444. The lowest BCUT2D eigenvalue weighted by molar-refractivity contribution is 0.0148. The molecule has 0 amide bonds. The highest BCUT2D eigenvalue weighted by Gasteiger charge is 2.18. The second-order valence-corrected chi connectivity index (χ2v) is 3.72. The largest absolute Gasteiger partial charge is 0.506 e. The van der Waals surface area contributed by atoms with Gasteiger partial charge in [0.05, 0.1) is 18.0 Å². The van der Waals surface area contributed by atoms with Crippen molar-refractivity contribution in [3.8, 4) is 5.75 Å². The van der Waals surface area contributed by atoms with E-state index in [0.717, 1.165) is 0 Å². The summed E-state index contributed by atoms with van der Waals surface area (Å²) in [5.74, 6) is 0.0379. The van der Waals surface area contributed by atoms with Gasteiger partial charge in [-0.25, -0.2) is 0 Å². The van der Waals surface area contributed by atoms with Crippen molar-refractivity contribution < 1.29 is 15.3 Å². The first-order chi connectivity index (χ1) is 6.65. The number of hydrogen-bond donors (Lipinski definition) is 3. The minimum atomic E-state index is -1.01. The Morgan fingerprint density at radius 3 is 2.57 bits per heavy atom. The van der Waals surface area contributed by atoms with Crippen molar-refractivity contribution in [2.75, 3.05) is 5.33 Å². The molecule has 0 aliphatic carbocycles. The van der Waals surface area contributed by atoms with E-state index in [4.69, 9.17) is 5.11 Å². The number of alkyl halides is 1. The van der Waals surface area contributed by atoms with Gasteiger partial charge < -0.3 is 15.3 Å². The first-order valence-electron chi connectivity index (χ1n) is 4.22. The second-order valence-electron chi connectivity index (χ2n) is 2.93. The first kappa shape index (κ1) is 11.4. The summed E-state index contributed by atoms with van der Waals surface area (Å²) in [4.78, 5) is 3.81. The monoisotopic (exact) mass is 261 g/mol. The normalized spacial score (nSPS) is 15.1. The topological polar surface area (TPSA) is 73.6 Å². The molecule has 1 rings (SSSR count). The van der Waals surface area contributed by atoms with E-state index in [-0.39, 0.29) is 5.75 Å². The van der Waals surface area contributed by atoms with Crippen molar-refractivity contribution >= 4 is 15.9 Å². The first-order valence-corrected chi connectivity index (χ1v) is 5.34. The highest BCUT2D eigenvalue weighted by Crippen LogP contribution is 2.18. The maximum absolute atomic E-state index is 9.60. The van der Waals surface area contributed by atoms with Crippen LogP contribution in [0.15, 0.2) is 18.3 Å². The zero-order valence-electron chi connectivity index (χ0n) is 7.47. The van der Waals surface area contributed by atoms with Gasteiger partial charge in [-0.2, -0.15) is 0 Å². The third-order valence-corrected chi connectivity index (χ3v) is 2.30. The fourth-order valence-electron chi connectivity index (χ4n) is 1.04. The van der Waals surface area contributed by atoms with Crippen LogP contribution in [0.3, 0.4) is 0 Å². The molecule has 1 heterocycles. The van der Waals surface area contributed by atoms with Crippen molar-refractivity contribution in [2.45, 2.75) is 18.6 Å². The molecule has 0 aromatic carbocycles. The highest BCUT2D eigenvalue weighted by molar-refractivity contribution is 9.09. The second kappa shape index (κ2) is 5.29. The number of pyridine rings is 1. The summed E-state index contributed by atoms with van der Waals surface area (Å²) in [6.45, 7) is 0. The van der Waals surface area contributed by atoms with Gasteiger partial charge in [-0.15, -0.1) is 0 Å². The van der Waals surface area contributed by atoms with Crippen LogP contribution in [-0.4, -0.2) is 31.7 Å². The molecular formula is C9H12BrNO3. The molecule has 2 unspecified atom stereocenters.